The zero-order valence-electron chi connectivity index (χ0n) is 13.2. The van der Waals surface area contributed by atoms with Crippen LogP contribution in [-0.2, 0) is 4.79 Å². The van der Waals surface area contributed by atoms with E-state index in [-0.39, 0.29) is 24.0 Å². The van der Waals surface area contributed by atoms with E-state index in [1.165, 1.54) is 5.56 Å². The summed E-state index contributed by atoms with van der Waals surface area (Å²) < 4.78 is 0. The number of benzene rings is 1. The normalized spacial score (nSPS) is 24.9. The Hall–Kier alpha value is -2.04. The lowest BCUT2D eigenvalue weighted by Gasteiger charge is -2.36. The fourth-order valence-electron chi connectivity index (χ4n) is 3.80. The maximum atomic E-state index is 12.4. The minimum atomic E-state index is -0.0607. The van der Waals surface area contributed by atoms with Crippen molar-refractivity contribution >= 4 is 11.9 Å². The van der Waals surface area contributed by atoms with Crippen LogP contribution in [0.2, 0.25) is 0 Å². The van der Waals surface area contributed by atoms with E-state index in [0.717, 1.165) is 24.9 Å². The first-order chi connectivity index (χ1) is 10.6. The summed E-state index contributed by atoms with van der Waals surface area (Å²) in [6.45, 7) is 3.50. The highest BCUT2D eigenvalue weighted by molar-refractivity contribution is 5.80. The van der Waals surface area contributed by atoms with E-state index in [2.05, 4.69) is 24.4 Å². The van der Waals surface area contributed by atoms with Crippen molar-refractivity contribution in [1.29, 1.82) is 0 Å². The molecule has 22 heavy (non-hydrogen) atoms. The highest BCUT2D eigenvalue weighted by Gasteiger charge is 2.43. The van der Waals surface area contributed by atoms with Gasteiger partial charge in [0.2, 0.25) is 5.91 Å². The molecule has 1 aromatic carbocycles. The molecule has 2 atom stereocenters. The summed E-state index contributed by atoms with van der Waals surface area (Å²) in [5, 5.41) is 2.76. The number of urea groups is 1. The van der Waals surface area contributed by atoms with Crippen molar-refractivity contribution < 1.29 is 9.59 Å². The zero-order valence-corrected chi connectivity index (χ0v) is 13.2. The molecule has 0 aliphatic carbocycles. The van der Waals surface area contributed by atoms with Gasteiger partial charge in [-0.3, -0.25) is 4.79 Å². The van der Waals surface area contributed by atoms with Gasteiger partial charge in [-0.1, -0.05) is 24.3 Å². The van der Waals surface area contributed by atoms with Crippen molar-refractivity contribution in [3.8, 4) is 0 Å². The fraction of sp³-hybridized carbons (Fsp3) is 0.529. The summed E-state index contributed by atoms with van der Waals surface area (Å²) in [4.78, 5) is 28.5. The number of carbonyl (C=O) groups excluding carboxylic acids is 2. The van der Waals surface area contributed by atoms with E-state index < -0.39 is 0 Å². The standard InChI is InChI=1S/C17H23N3O2/c1-12-6-3-4-7-13(12)16-14-8-9-15(21)19(14)10-5-11-20(16)17(22)18-2/h3-4,6-7,14,16H,5,8-11H2,1-2H3,(H,18,22). The summed E-state index contributed by atoms with van der Waals surface area (Å²) in [5.74, 6) is 0.224. The average molecular weight is 301 g/mol. The van der Waals surface area contributed by atoms with Crippen LogP contribution in [0.4, 0.5) is 4.79 Å². The Labute approximate surface area is 131 Å². The molecule has 1 aromatic rings. The molecule has 0 spiro atoms. The molecule has 3 amide bonds. The quantitative estimate of drug-likeness (QED) is 0.863. The molecule has 2 aliphatic rings. The van der Waals surface area contributed by atoms with Crippen LogP contribution in [0.3, 0.4) is 0 Å². The Balaban J connectivity index is 2.06. The Bertz CT molecular complexity index is 587. The molecule has 0 aromatic heterocycles. The first-order valence-electron chi connectivity index (χ1n) is 7.97. The molecule has 5 nitrogen and oxygen atoms in total. The van der Waals surface area contributed by atoms with E-state index >= 15 is 0 Å². The molecule has 0 radical (unpaired) electrons. The second-order valence-corrected chi connectivity index (χ2v) is 6.10. The number of rotatable bonds is 1. The lowest BCUT2D eigenvalue weighted by Crippen LogP contribution is -2.46. The highest BCUT2D eigenvalue weighted by atomic mass is 16.2. The van der Waals surface area contributed by atoms with E-state index in [4.69, 9.17) is 0 Å². The van der Waals surface area contributed by atoms with Gasteiger partial charge in [-0.25, -0.2) is 4.79 Å². The van der Waals surface area contributed by atoms with Gasteiger partial charge in [0.05, 0.1) is 12.1 Å². The van der Waals surface area contributed by atoms with Crippen LogP contribution in [0.25, 0.3) is 0 Å². The molecule has 2 heterocycles. The molecule has 2 fully saturated rings. The summed E-state index contributed by atoms with van der Waals surface area (Å²) >= 11 is 0. The van der Waals surface area contributed by atoms with Crippen LogP contribution in [0, 0.1) is 6.92 Å². The predicted molar refractivity (Wildman–Crippen MR) is 84.4 cm³/mol. The molecule has 0 saturated carbocycles. The molecular formula is C17H23N3O2. The summed E-state index contributed by atoms with van der Waals surface area (Å²) in [6, 6.07) is 8.15. The van der Waals surface area contributed by atoms with Crippen LogP contribution >= 0.6 is 0 Å². The number of aryl methyl sites for hydroxylation is 1. The smallest absolute Gasteiger partial charge is 0.317 e. The Morgan fingerprint density at radius 2 is 2.05 bits per heavy atom. The van der Waals surface area contributed by atoms with Gasteiger partial charge in [0.1, 0.15) is 0 Å². The molecule has 0 bridgehead atoms. The van der Waals surface area contributed by atoms with Crippen LogP contribution in [-0.4, -0.2) is 47.9 Å². The molecule has 2 unspecified atom stereocenters. The topological polar surface area (TPSA) is 52.7 Å². The van der Waals surface area contributed by atoms with E-state index in [1.54, 1.807) is 7.05 Å². The molecule has 5 heteroatoms. The number of nitrogens with one attached hydrogen (secondary N) is 1. The van der Waals surface area contributed by atoms with Gasteiger partial charge in [0.25, 0.3) is 0 Å². The van der Waals surface area contributed by atoms with Gasteiger partial charge in [-0.15, -0.1) is 0 Å². The van der Waals surface area contributed by atoms with Crippen molar-refractivity contribution in [3.63, 3.8) is 0 Å². The predicted octanol–water partition coefficient (Wildman–Crippen LogP) is 2.07. The van der Waals surface area contributed by atoms with Gasteiger partial charge in [-0.2, -0.15) is 0 Å². The first kappa shape index (κ1) is 14.9. The second kappa shape index (κ2) is 5.99. The first-order valence-corrected chi connectivity index (χ1v) is 7.97. The largest absolute Gasteiger partial charge is 0.341 e. The Kier molecular flexibility index (Phi) is 4.05. The SMILES string of the molecule is CNC(=O)N1CCCN2C(=O)CCC2C1c1ccccc1C. The number of hydrogen-bond donors (Lipinski definition) is 1. The molecule has 2 saturated heterocycles. The van der Waals surface area contributed by atoms with Crippen LogP contribution in [0.15, 0.2) is 24.3 Å². The van der Waals surface area contributed by atoms with Gasteiger partial charge < -0.3 is 15.1 Å². The van der Waals surface area contributed by atoms with Crippen molar-refractivity contribution in [1.82, 2.24) is 15.1 Å². The van der Waals surface area contributed by atoms with Gasteiger partial charge in [-0.05, 0) is 30.9 Å². The number of hydrogen-bond acceptors (Lipinski definition) is 2. The third kappa shape index (κ3) is 2.45. The highest BCUT2D eigenvalue weighted by Crippen LogP contribution is 2.38. The van der Waals surface area contributed by atoms with E-state index in [9.17, 15) is 9.59 Å². The van der Waals surface area contributed by atoms with E-state index in [0.29, 0.717) is 13.0 Å². The lowest BCUT2D eigenvalue weighted by molar-refractivity contribution is -0.129. The minimum Gasteiger partial charge on any atom is -0.341 e. The van der Waals surface area contributed by atoms with Crippen molar-refractivity contribution in [3.05, 3.63) is 35.4 Å². The van der Waals surface area contributed by atoms with Gasteiger partial charge in [0, 0.05) is 26.6 Å². The Morgan fingerprint density at radius 1 is 1.27 bits per heavy atom. The fourth-order valence-corrected chi connectivity index (χ4v) is 3.80. The molecule has 3 rings (SSSR count). The zero-order chi connectivity index (χ0) is 15.7. The molecule has 1 N–H and O–H groups in total. The molecular weight excluding hydrogens is 278 g/mol. The third-order valence-corrected chi connectivity index (χ3v) is 4.85. The minimum absolute atomic E-state index is 0.0601. The lowest BCUT2D eigenvalue weighted by atomic mass is 9.93. The maximum Gasteiger partial charge on any atom is 0.317 e. The van der Waals surface area contributed by atoms with Crippen molar-refractivity contribution in [2.45, 2.75) is 38.3 Å². The number of fused-ring (bicyclic) bond motifs is 1. The van der Waals surface area contributed by atoms with Gasteiger partial charge >= 0.3 is 6.03 Å². The number of nitrogens with zero attached hydrogens (tertiary/aromatic N) is 2. The number of amides is 3. The van der Waals surface area contributed by atoms with Gasteiger partial charge in [0.15, 0.2) is 0 Å². The Morgan fingerprint density at radius 3 is 2.77 bits per heavy atom. The van der Waals surface area contributed by atoms with Crippen LogP contribution in [0.5, 0.6) is 0 Å². The van der Waals surface area contributed by atoms with Crippen LogP contribution < -0.4 is 5.32 Å². The molecule has 118 valence electrons. The maximum absolute atomic E-state index is 12.4. The average Bonchev–Trinajstić information content (AvgIpc) is 2.78. The van der Waals surface area contributed by atoms with Crippen molar-refractivity contribution in [2.24, 2.45) is 0 Å². The summed E-state index contributed by atoms with van der Waals surface area (Å²) in [7, 11) is 1.67. The monoisotopic (exact) mass is 301 g/mol. The van der Waals surface area contributed by atoms with E-state index in [1.807, 2.05) is 21.9 Å². The van der Waals surface area contributed by atoms with Crippen molar-refractivity contribution in [2.75, 3.05) is 20.1 Å². The second-order valence-electron chi connectivity index (χ2n) is 6.10. The third-order valence-electron chi connectivity index (χ3n) is 4.85. The summed E-state index contributed by atoms with van der Waals surface area (Å²) in [6.07, 6.45) is 2.25. The van der Waals surface area contributed by atoms with Crippen LogP contribution in [0.1, 0.15) is 36.4 Å². The summed E-state index contributed by atoms with van der Waals surface area (Å²) in [5.41, 5.74) is 2.32. The number of carbonyl (C=O) groups is 2. The molecule has 2 aliphatic heterocycles.